The van der Waals surface area contributed by atoms with Gasteiger partial charge in [0, 0.05) is 23.6 Å². The van der Waals surface area contributed by atoms with Crippen molar-refractivity contribution >= 4 is 28.3 Å². The second-order valence-electron chi connectivity index (χ2n) is 8.78. The minimum absolute atomic E-state index is 0.0191. The summed E-state index contributed by atoms with van der Waals surface area (Å²) in [6.07, 6.45) is 3.62. The van der Waals surface area contributed by atoms with Gasteiger partial charge in [0.1, 0.15) is 0 Å². The van der Waals surface area contributed by atoms with Crippen LogP contribution in [0.1, 0.15) is 60.0 Å². The van der Waals surface area contributed by atoms with E-state index in [-0.39, 0.29) is 28.7 Å². The second kappa shape index (κ2) is 9.62. The molecule has 0 unspecified atom stereocenters. The summed E-state index contributed by atoms with van der Waals surface area (Å²) in [4.78, 5) is 17.0. The summed E-state index contributed by atoms with van der Waals surface area (Å²) in [6.45, 7) is 0. The molecule has 0 spiro atoms. The van der Waals surface area contributed by atoms with Crippen molar-refractivity contribution in [1.82, 2.24) is 4.98 Å². The van der Waals surface area contributed by atoms with E-state index in [0.29, 0.717) is 5.92 Å². The number of ketones is 1. The molecule has 2 aromatic carbocycles. The van der Waals surface area contributed by atoms with E-state index >= 15 is 0 Å². The van der Waals surface area contributed by atoms with Crippen molar-refractivity contribution in [2.75, 3.05) is 0 Å². The smallest absolute Gasteiger partial charge is 0.294 e. The molecule has 1 aromatic heterocycles. The number of nitrogens with zero attached hydrogens (tertiary/aromatic N) is 1. The number of rotatable bonds is 6. The number of carbonyl (C=O) groups excluding carboxylic acids is 1. The summed E-state index contributed by atoms with van der Waals surface area (Å²) in [7, 11) is 0. The van der Waals surface area contributed by atoms with E-state index in [9.17, 15) is 18.0 Å². The summed E-state index contributed by atoms with van der Waals surface area (Å²) < 4.78 is 38.9. The summed E-state index contributed by atoms with van der Waals surface area (Å²) in [5.74, 6) is 0.522. The Bertz CT molecular complexity index is 1100. The number of carbonyl (C=O) groups is 1. The van der Waals surface area contributed by atoms with Gasteiger partial charge in [-0.2, -0.15) is 13.2 Å². The van der Waals surface area contributed by atoms with Crippen LogP contribution in [0.3, 0.4) is 0 Å². The number of halogens is 4. The minimum Gasteiger partial charge on any atom is -0.294 e. The Morgan fingerprint density at radius 2 is 1.75 bits per heavy atom. The van der Waals surface area contributed by atoms with Crippen molar-refractivity contribution in [2.24, 2.45) is 11.8 Å². The molecule has 32 heavy (non-hydrogen) atoms. The minimum atomic E-state index is -4.49. The highest BCUT2D eigenvalue weighted by molar-refractivity contribution is 6.34. The molecule has 3 aromatic rings. The molecule has 0 saturated heterocycles. The number of fused-ring (bicyclic) bond motifs is 1. The third-order valence-corrected chi connectivity index (χ3v) is 6.87. The van der Waals surface area contributed by atoms with Gasteiger partial charge in [-0.3, -0.25) is 9.78 Å². The maximum absolute atomic E-state index is 13.0. The molecule has 1 aliphatic rings. The van der Waals surface area contributed by atoms with Crippen molar-refractivity contribution in [3.63, 3.8) is 0 Å². The first-order valence-electron chi connectivity index (χ1n) is 11.0. The Hall–Kier alpha value is -2.40. The number of aryl methyl sites for hydroxylation is 1. The van der Waals surface area contributed by atoms with Gasteiger partial charge in [0.2, 0.25) is 0 Å². The van der Waals surface area contributed by atoms with Gasteiger partial charge < -0.3 is 0 Å². The van der Waals surface area contributed by atoms with Gasteiger partial charge in [-0.1, -0.05) is 36.6 Å². The monoisotopic (exact) mass is 459 g/mol. The van der Waals surface area contributed by atoms with E-state index in [1.54, 1.807) is 6.20 Å². The lowest BCUT2D eigenvalue weighted by Gasteiger charge is -2.28. The largest absolute Gasteiger partial charge is 0.416 e. The normalized spacial score (nSPS) is 19.2. The fourth-order valence-electron chi connectivity index (χ4n) is 4.66. The Kier molecular flexibility index (Phi) is 6.85. The number of pyridine rings is 1. The van der Waals surface area contributed by atoms with Crippen molar-refractivity contribution < 1.29 is 18.0 Å². The molecule has 0 N–H and O–H groups in total. The average Bonchev–Trinajstić information content (AvgIpc) is 2.78. The lowest BCUT2D eigenvalue weighted by Crippen LogP contribution is -2.18. The number of Topliss-reactive ketones (excluding diaryl/α,β-unsaturated/α-hetero) is 1. The highest BCUT2D eigenvalue weighted by atomic mass is 35.5. The highest BCUT2D eigenvalue weighted by Crippen LogP contribution is 2.36. The summed E-state index contributed by atoms with van der Waals surface area (Å²) in [6, 6.07) is 13.4. The van der Waals surface area contributed by atoms with Gasteiger partial charge in [-0.15, -0.1) is 0 Å². The van der Waals surface area contributed by atoms with Crippen LogP contribution in [0.5, 0.6) is 0 Å². The van der Waals surface area contributed by atoms with Crippen LogP contribution in [0.4, 0.5) is 13.2 Å². The number of benzene rings is 2. The zero-order valence-electron chi connectivity index (χ0n) is 17.7. The summed E-state index contributed by atoms with van der Waals surface area (Å²) >= 11 is 6.03. The van der Waals surface area contributed by atoms with E-state index in [4.69, 9.17) is 11.6 Å². The first-order valence-corrected chi connectivity index (χ1v) is 11.4. The van der Waals surface area contributed by atoms with E-state index < -0.39 is 11.7 Å². The topological polar surface area (TPSA) is 30.0 Å². The van der Waals surface area contributed by atoms with Gasteiger partial charge in [0.05, 0.1) is 16.1 Å². The van der Waals surface area contributed by atoms with E-state index in [1.807, 2.05) is 6.07 Å². The molecule has 2 nitrogen and oxygen atoms in total. The van der Waals surface area contributed by atoms with Crippen LogP contribution in [0, 0.1) is 11.8 Å². The maximum Gasteiger partial charge on any atom is 0.416 e. The molecule has 1 aliphatic carbocycles. The zero-order chi connectivity index (χ0) is 22.7. The van der Waals surface area contributed by atoms with Crippen LogP contribution in [-0.2, 0) is 12.6 Å². The molecule has 1 fully saturated rings. The van der Waals surface area contributed by atoms with Gasteiger partial charge in [0.25, 0.3) is 0 Å². The van der Waals surface area contributed by atoms with Crippen molar-refractivity contribution in [3.05, 3.63) is 76.4 Å². The second-order valence-corrected chi connectivity index (χ2v) is 9.18. The SMILES string of the molecule is O=C(CC1CCC(CCc2ccc3ncccc3c2)CC1)c1cc(C(F)(F)F)ccc1Cl. The third kappa shape index (κ3) is 5.50. The van der Waals surface area contributed by atoms with Gasteiger partial charge in [0.15, 0.2) is 5.78 Å². The first kappa shape index (κ1) is 22.8. The van der Waals surface area contributed by atoms with Gasteiger partial charge >= 0.3 is 6.18 Å². The van der Waals surface area contributed by atoms with Crippen molar-refractivity contribution in [2.45, 2.75) is 51.1 Å². The number of hydrogen-bond acceptors (Lipinski definition) is 2. The number of alkyl halides is 3. The first-order chi connectivity index (χ1) is 15.3. The van der Waals surface area contributed by atoms with Crippen molar-refractivity contribution in [1.29, 1.82) is 0 Å². The molecule has 0 aliphatic heterocycles. The van der Waals surface area contributed by atoms with Crippen LogP contribution >= 0.6 is 11.6 Å². The fourth-order valence-corrected chi connectivity index (χ4v) is 4.89. The predicted octanol–water partition coefficient (Wildman–Crippen LogP) is 7.92. The molecule has 1 saturated carbocycles. The standard InChI is InChI=1S/C26H25ClF3NO/c27-23-11-10-21(26(28,29)30)16-22(23)25(32)15-19-7-4-17(5-8-19)3-6-18-9-12-24-20(14-18)2-1-13-31-24/h1-2,9-14,16-17,19H,3-8,15H2. The molecule has 0 radical (unpaired) electrons. The van der Waals surface area contributed by atoms with E-state index in [0.717, 1.165) is 67.6 Å². The molecule has 168 valence electrons. The molecule has 4 rings (SSSR count). The van der Waals surface area contributed by atoms with Gasteiger partial charge in [-0.05, 0) is 79.5 Å². The van der Waals surface area contributed by atoms with Crippen molar-refractivity contribution in [3.8, 4) is 0 Å². The molecule has 0 atom stereocenters. The summed E-state index contributed by atoms with van der Waals surface area (Å²) in [5.41, 5.74) is 1.46. The van der Waals surface area contributed by atoms with E-state index in [1.165, 1.54) is 5.56 Å². The highest BCUT2D eigenvalue weighted by Gasteiger charge is 2.32. The quantitative estimate of drug-likeness (QED) is 0.350. The Balaban J connectivity index is 1.29. The predicted molar refractivity (Wildman–Crippen MR) is 121 cm³/mol. The van der Waals surface area contributed by atoms with Crippen LogP contribution in [-0.4, -0.2) is 10.8 Å². The lowest BCUT2D eigenvalue weighted by atomic mass is 9.77. The fraction of sp³-hybridized carbons (Fsp3) is 0.385. The Morgan fingerprint density at radius 3 is 2.50 bits per heavy atom. The van der Waals surface area contributed by atoms with Gasteiger partial charge in [-0.25, -0.2) is 0 Å². The van der Waals surface area contributed by atoms with E-state index in [2.05, 4.69) is 29.2 Å². The maximum atomic E-state index is 13.0. The molecular formula is C26H25ClF3NO. The molecule has 0 amide bonds. The molecule has 1 heterocycles. The molecular weight excluding hydrogens is 435 g/mol. The molecule has 6 heteroatoms. The number of hydrogen-bond donors (Lipinski definition) is 0. The van der Waals surface area contributed by atoms with Crippen LogP contribution in [0.2, 0.25) is 5.02 Å². The zero-order valence-corrected chi connectivity index (χ0v) is 18.4. The average molecular weight is 460 g/mol. The third-order valence-electron chi connectivity index (χ3n) is 6.54. The molecule has 0 bridgehead atoms. The Labute approximate surface area is 190 Å². The van der Waals surface area contributed by atoms with Crippen LogP contribution in [0.25, 0.3) is 10.9 Å². The van der Waals surface area contributed by atoms with Crippen LogP contribution in [0.15, 0.2) is 54.7 Å². The number of aromatic nitrogens is 1. The lowest BCUT2D eigenvalue weighted by molar-refractivity contribution is -0.137. The summed E-state index contributed by atoms with van der Waals surface area (Å²) in [5, 5.41) is 1.24. The van der Waals surface area contributed by atoms with Crippen LogP contribution < -0.4 is 0 Å². The Morgan fingerprint density at radius 1 is 1.00 bits per heavy atom.